The van der Waals surface area contributed by atoms with E-state index in [1.807, 2.05) is 13.8 Å². The molecule has 0 bridgehead atoms. The highest BCUT2D eigenvalue weighted by Crippen LogP contribution is 2.26. The van der Waals surface area contributed by atoms with Crippen LogP contribution in [0.2, 0.25) is 0 Å². The zero-order valence-corrected chi connectivity index (χ0v) is 22.4. The van der Waals surface area contributed by atoms with Gasteiger partial charge < -0.3 is 20.1 Å². The fraction of sp³-hybridized carbons (Fsp3) is 0.233. The van der Waals surface area contributed by atoms with Crippen LogP contribution in [0.1, 0.15) is 67.8 Å². The zero-order valence-electron chi connectivity index (χ0n) is 22.4. The van der Waals surface area contributed by atoms with Crippen LogP contribution in [0.3, 0.4) is 0 Å². The summed E-state index contributed by atoms with van der Waals surface area (Å²) in [6.07, 6.45) is -0.827. The Morgan fingerprint density at radius 3 is 2.23 bits per heavy atom. The van der Waals surface area contributed by atoms with Crippen LogP contribution in [-0.4, -0.2) is 47.8 Å². The number of carbonyl (C=O) groups excluding carboxylic acids is 5. The van der Waals surface area contributed by atoms with Gasteiger partial charge >= 0.3 is 6.16 Å². The van der Waals surface area contributed by atoms with E-state index in [0.717, 1.165) is 0 Å². The third kappa shape index (κ3) is 6.35. The van der Waals surface area contributed by atoms with Gasteiger partial charge in [0.1, 0.15) is 5.75 Å². The van der Waals surface area contributed by atoms with E-state index >= 15 is 0 Å². The molecular weight excluding hydrogens is 514 g/mol. The lowest BCUT2D eigenvalue weighted by Crippen LogP contribution is -2.33. The topological polar surface area (TPSA) is 131 Å². The maximum atomic E-state index is 13.1. The maximum absolute atomic E-state index is 13.1. The Hall–Kier alpha value is -4.99. The normalized spacial score (nSPS) is 12.2. The van der Waals surface area contributed by atoms with Crippen molar-refractivity contribution in [3.63, 3.8) is 0 Å². The second kappa shape index (κ2) is 12.2. The van der Waals surface area contributed by atoms with Crippen molar-refractivity contribution in [2.75, 3.05) is 18.5 Å². The van der Waals surface area contributed by atoms with Gasteiger partial charge in [-0.25, -0.2) is 4.79 Å². The molecule has 1 aliphatic heterocycles. The van der Waals surface area contributed by atoms with Crippen molar-refractivity contribution in [3.8, 4) is 5.75 Å². The minimum absolute atomic E-state index is 0.117. The average Bonchev–Trinajstić information content (AvgIpc) is 3.16. The molecule has 1 heterocycles. The predicted molar refractivity (Wildman–Crippen MR) is 146 cm³/mol. The maximum Gasteiger partial charge on any atom is 0.513 e. The fourth-order valence-corrected chi connectivity index (χ4v) is 4.15. The molecule has 4 rings (SSSR count). The second-order valence-corrected chi connectivity index (χ2v) is 9.48. The highest BCUT2D eigenvalue weighted by Gasteiger charge is 2.36. The zero-order chi connectivity index (χ0) is 28.8. The average molecular weight is 544 g/mol. The molecule has 3 aromatic carbocycles. The van der Waals surface area contributed by atoms with Gasteiger partial charge in [0.15, 0.2) is 0 Å². The van der Waals surface area contributed by atoms with Crippen molar-refractivity contribution in [1.82, 2.24) is 10.2 Å². The second-order valence-electron chi connectivity index (χ2n) is 9.48. The summed E-state index contributed by atoms with van der Waals surface area (Å²) in [5.74, 6) is -1.23. The molecular formula is C30H29N3O7. The first kappa shape index (κ1) is 28.0. The van der Waals surface area contributed by atoms with Crippen LogP contribution < -0.4 is 15.4 Å². The number of carbonyl (C=O) groups is 5. The molecule has 3 aromatic rings. The molecule has 0 unspecified atom stereocenters. The largest absolute Gasteiger partial charge is 0.513 e. The number of hydrogen-bond acceptors (Lipinski definition) is 7. The number of ether oxygens (including phenoxy) is 2. The molecule has 0 saturated heterocycles. The van der Waals surface area contributed by atoms with E-state index in [1.54, 1.807) is 31.2 Å². The Balaban J connectivity index is 1.41. The van der Waals surface area contributed by atoms with Crippen molar-refractivity contribution in [3.05, 3.63) is 94.5 Å². The third-order valence-electron chi connectivity index (χ3n) is 6.07. The number of fused-ring (bicyclic) bond motifs is 1. The van der Waals surface area contributed by atoms with Crippen LogP contribution in [0.5, 0.6) is 5.75 Å². The predicted octanol–water partition coefficient (Wildman–Crippen LogP) is 4.66. The number of rotatable bonds is 9. The number of nitrogens with one attached hydrogen (secondary N) is 2. The lowest BCUT2D eigenvalue weighted by molar-refractivity contribution is 0.0635. The van der Waals surface area contributed by atoms with Gasteiger partial charge in [-0.1, -0.05) is 32.0 Å². The summed E-state index contributed by atoms with van der Waals surface area (Å²) < 4.78 is 9.72. The van der Waals surface area contributed by atoms with Crippen LogP contribution in [0.15, 0.2) is 66.7 Å². The molecule has 10 nitrogen and oxygen atoms in total. The summed E-state index contributed by atoms with van der Waals surface area (Å²) in [5, 5.41) is 5.63. The van der Waals surface area contributed by atoms with Gasteiger partial charge in [0, 0.05) is 29.9 Å². The van der Waals surface area contributed by atoms with Crippen LogP contribution in [-0.2, 0) is 11.3 Å². The summed E-state index contributed by atoms with van der Waals surface area (Å²) in [6.45, 7) is 6.11. The summed E-state index contributed by atoms with van der Waals surface area (Å²) in [4.78, 5) is 63.8. The minimum Gasteiger partial charge on any atom is -0.434 e. The molecule has 206 valence electrons. The Kier molecular flexibility index (Phi) is 8.58. The quantitative estimate of drug-likeness (QED) is 0.228. The minimum atomic E-state index is -0.827. The van der Waals surface area contributed by atoms with Crippen LogP contribution in [0, 0.1) is 5.92 Å². The van der Waals surface area contributed by atoms with Crippen molar-refractivity contribution in [2.45, 2.75) is 27.3 Å². The van der Waals surface area contributed by atoms with Gasteiger partial charge in [0.05, 0.1) is 17.7 Å². The van der Waals surface area contributed by atoms with Crippen LogP contribution in [0.25, 0.3) is 0 Å². The first-order chi connectivity index (χ1) is 19.2. The Morgan fingerprint density at radius 2 is 1.52 bits per heavy atom. The monoisotopic (exact) mass is 543 g/mol. The van der Waals surface area contributed by atoms with Crippen molar-refractivity contribution in [2.24, 2.45) is 5.92 Å². The van der Waals surface area contributed by atoms with Crippen molar-refractivity contribution in [1.29, 1.82) is 0 Å². The highest BCUT2D eigenvalue weighted by molar-refractivity contribution is 6.22. The van der Waals surface area contributed by atoms with E-state index in [9.17, 15) is 24.0 Å². The number of nitrogens with zero attached hydrogens (tertiary/aromatic N) is 1. The highest BCUT2D eigenvalue weighted by atomic mass is 16.7. The molecule has 1 aliphatic rings. The number of para-hydroxylation sites is 1. The van der Waals surface area contributed by atoms with Crippen molar-refractivity contribution < 1.29 is 33.4 Å². The smallest absolute Gasteiger partial charge is 0.434 e. The van der Waals surface area contributed by atoms with Gasteiger partial charge in [-0.3, -0.25) is 24.1 Å². The van der Waals surface area contributed by atoms with E-state index in [2.05, 4.69) is 10.6 Å². The molecule has 10 heteroatoms. The van der Waals surface area contributed by atoms with E-state index in [4.69, 9.17) is 9.47 Å². The van der Waals surface area contributed by atoms with Gasteiger partial charge in [-0.2, -0.15) is 0 Å². The van der Waals surface area contributed by atoms with Gasteiger partial charge in [0.2, 0.25) is 0 Å². The molecule has 0 spiro atoms. The van der Waals surface area contributed by atoms with E-state index in [0.29, 0.717) is 23.4 Å². The molecule has 0 saturated carbocycles. The van der Waals surface area contributed by atoms with Crippen molar-refractivity contribution >= 4 is 35.5 Å². The third-order valence-corrected chi connectivity index (χ3v) is 6.07. The Labute approximate surface area is 231 Å². The van der Waals surface area contributed by atoms with Gasteiger partial charge in [-0.15, -0.1) is 0 Å². The summed E-state index contributed by atoms with van der Waals surface area (Å²) in [5.41, 5.74) is 2.21. The number of imide groups is 1. The molecule has 0 aromatic heterocycles. The number of benzene rings is 3. The molecule has 0 atom stereocenters. The van der Waals surface area contributed by atoms with Gasteiger partial charge in [-0.05, 0) is 66.9 Å². The van der Waals surface area contributed by atoms with E-state index < -0.39 is 18.0 Å². The SMILES string of the molecule is CCOC(=O)Oc1ccc(C(=O)NCc2ccccc2NC(=O)c2ccc3c(c2)C(=O)N(CC(C)C)C3=O)cc1. The number of amides is 4. The van der Waals surface area contributed by atoms with Gasteiger partial charge in [0.25, 0.3) is 23.6 Å². The van der Waals surface area contributed by atoms with Crippen LogP contribution >= 0.6 is 0 Å². The molecule has 0 radical (unpaired) electrons. The fourth-order valence-electron chi connectivity index (χ4n) is 4.15. The first-order valence-electron chi connectivity index (χ1n) is 12.8. The molecule has 2 N–H and O–H groups in total. The number of hydrogen-bond donors (Lipinski definition) is 2. The summed E-state index contributed by atoms with van der Waals surface area (Å²) in [6, 6.07) is 17.4. The molecule has 4 amide bonds. The molecule has 0 aliphatic carbocycles. The standard InChI is InChI=1S/C30H29N3O7/c1-4-39-30(38)40-22-12-9-19(10-13-22)26(34)31-16-21-7-5-6-8-25(21)32-27(35)20-11-14-23-24(15-20)29(37)33(28(23)36)17-18(2)3/h5-15,18H,4,16-17H2,1-3H3,(H,31,34)(H,32,35). The first-order valence-corrected chi connectivity index (χ1v) is 12.8. The van der Waals surface area contributed by atoms with Crippen LogP contribution in [0.4, 0.5) is 10.5 Å². The number of anilines is 1. The van der Waals surface area contributed by atoms with E-state index in [1.165, 1.54) is 47.4 Å². The summed E-state index contributed by atoms with van der Waals surface area (Å²) in [7, 11) is 0. The van der Waals surface area contributed by atoms with E-state index in [-0.39, 0.29) is 53.3 Å². The summed E-state index contributed by atoms with van der Waals surface area (Å²) >= 11 is 0. The lowest BCUT2D eigenvalue weighted by atomic mass is 10.0. The Morgan fingerprint density at radius 1 is 0.850 bits per heavy atom. The lowest BCUT2D eigenvalue weighted by Gasteiger charge is -2.15. The molecule has 0 fully saturated rings. The Bertz CT molecular complexity index is 1460. The molecule has 40 heavy (non-hydrogen) atoms.